The molecule has 0 radical (unpaired) electrons. The Morgan fingerprint density at radius 1 is 0.979 bits per heavy atom. The van der Waals surface area contributed by atoms with E-state index < -0.39 is 29.8 Å². The summed E-state index contributed by atoms with van der Waals surface area (Å²) in [6.07, 6.45) is -1.17. The van der Waals surface area contributed by atoms with Crippen molar-refractivity contribution < 1.29 is 38.4 Å². The number of nitrogens with zero attached hydrogens (tertiary/aromatic N) is 1. The fourth-order valence-corrected chi connectivity index (χ4v) is 5.42. The summed E-state index contributed by atoms with van der Waals surface area (Å²) < 4.78 is 21.7. The van der Waals surface area contributed by atoms with Crippen LogP contribution in [0.3, 0.4) is 0 Å². The lowest BCUT2D eigenvalue weighted by atomic mass is 9.82. The molecular formula is C35H60N4O8. The number of carbonyl (C=O) groups is 3. The van der Waals surface area contributed by atoms with E-state index >= 15 is 0 Å². The topological polar surface area (TPSA) is 148 Å². The van der Waals surface area contributed by atoms with Crippen molar-refractivity contribution in [1.82, 2.24) is 20.9 Å². The molecule has 1 aromatic rings. The summed E-state index contributed by atoms with van der Waals surface area (Å²) in [6.45, 7) is 18.6. The van der Waals surface area contributed by atoms with Gasteiger partial charge in [-0.25, -0.2) is 4.79 Å². The fraction of sp³-hybridized carbons (Fsp3) is 0.743. The van der Waals surface area contributed by atoms with Crippen LogP contribution in [0, 0.1) is 23.7 Å². The van der Waals surface area contributed by atoms with Crippen LogP contribution in [0.15, 0.2) is 24.3 Å². The summed E-state index contributed by atoms with van der Waals surface area (Å²) in [5.41, 5.74) is -0.320. The van der Waals surface area contributed by atoms with E-state index in [1.54, 1.807) is 52.1 Å². The van der Waals surface area contributed by atoms with Gasteiger partial charge in [-0.05, 0) is 63.5 Å². The number of nitrogens with one attached hydrogen (secondary N) is 3. The number of aliphatic hydroxyl groups excluding tert-OH is 1. The Kier molecular flexibility index (Phi) is 17.5. The lowest BCUT2D eigenvalue weighted by Crippen LogP contribution is -2.49. The first-order valence-corrected chi connectivity index (χ1v) is 17.0. The Balaban J connectivity index is 2.14. The van der Waals surface area contributed by atoms with Gasteiger partial charge in [-0.1, -0.05) is 39.8 Å². The minimum atomic E-state index is -1.04. The van der Waals surface area contributed by atoms with Gasteiger partial charge < -0.3 is 40.0 Å². The van der Waals surface area contributed by atoms with Crippen molar-refractivity contribution in [2.24, 2.45) is 23.7 Å². The Labute approximate surface area is 281 Å². The van der Waals surface area contributed by atoms with Gasteiger partial charge in [-0.15, -0.1) is 0 Å². The molecule has 2 rings (SSSR count). The highest BCUT2D eigenvalue weighted by atomic mass is 16.6. The molecule has 0 unspecified atom stereocenters. The van der Waals surface area contributed by atoms with Crippen LogP contribution >= 0.6 is 0 Å². The number of hydrogen-bond acceptors (Lipinski definition) is 9. The van der Waals surface area contributed by atoms with Gasteiger partial charge in [0.15, 0.2) is 0 Å². The smallest absolute Gasteiger partial charge is 0.407 e. The first-order chi connectivity index (χ1) is 22.2. The molecule has 1 aromatic carbocycles. The maximum absolute atomic E-state index is 13.3. The lowest BCUT2D eigenvalue weighted by Gasteiger charge is -2.33. The van der Waals surface area contributed by atoms with Gasteiger partial charge in [-0.3, -0.25) is 14.5 Å². The maximum atomic E-state index is 13.3. The number of benzene rings is 1. The van der Waals surface area contributed by atoms with E-state index in [0.29, 0.717) is 57.3 Å². The predicted molar refractivity (Wildman–Crippen MR) is 181 cm³/mol. The molecule has 1 heterocycles. The molecule has 268 valence electrons. The number of rotatable bonds is 19. The average Bonchev–Trinajstić information content (AvgIpc) is 3.00. The Hall–Kier alpha value is -2.93. The quantitative estimate of drug-likeness (QED) is 0.163. The molecule has 12 heteroatoms. The Morgan fingerprint density at radius 3 is 2.28 bits per heavy atom. The van der Waals surface area contributed by atoms with Crippen LogP contribution in [0.4, 0.5) is 4.79 Å². The first-order valence-electron chi connectivity index (χ1n) is 17.0. The number of methoxy groups -OCH3 is 1. The molecule has 4 atom stereocenters. The second-order valence-corrected chi connectivity index (χ2v) is 13.9. The molecule has 0 aromatic heterocycles. The first kappa shape index (κ1) is 40.2. The van der Waals surface area contributed by atoms with E-state index in [1.807, 2.05) is 27.7 Å². The number of hydrogen-bond donors (Lipinski definition) is 4. The van der Waals surface area contributed by atoms with Crippen molar-refractivity contribution in [2.75, 3.05) is 66.3 Å². The van der Waals surface area contributed by atoms with Gasteiger partial charge in [0.25, 0.3) is 5.91 Å². The van der Waals surface area contributed by atoms with Gasteiger partial charge in [0.1, 0.15) is 18.0 Å². The van der Waals surface area contributed by atoms with Gasteiger partial charge in [0.05, 0.1) is 37.5 Å². The van der Waals surface area contributed by atoms with E-state index in [1.165, 1.54) is 0 Å². The summed E-state index contributed by atoms with van der Waals surface area (Å²) in [5.74, 6) is -0.466. The maximum Gasteiger partial charge on any atom is 0.407 e. The van der Waals surface area contributed by atoms with Gasteiger partial charge in [-0.2, -0.15) is 0 Å². The third kappa shape index (κ3) is 15.2. The summed E-state index contributed by atoms with van der Waals surface area (Å²) in [5, 5.41) is 20.5. The third-order valence-electron chi connectivity index (χ3n) is 8.34. The van der Waals surface area contributed by atoms with Crippen LogP contribution in [0.2, 0.25) is 0 Å². The van der Waals surface area contributed by atoms with Crippen molar-refractivity contribution >= 4 is 17.9 Å². The van der Waals surface area contributed by atoms with E-state index in [4.69, 9.17) is 18.9 Å². The summed E-state index contributed by atoms with van der Waals surface area (Å²) in [4.78, 5) is 41.7. The van der Waals surface area contributed by atoms with Gasteiger partial charge >= 0.3 is 6.09 Å². The zero-order chi connectivity index (χ0) is 35.0. The SMILES string of the molecule is COCCOc1ccccc1C(=O)NC[C@@H](C[C@H](NC(=O)OC(C)(C)C)[C@@H](O)C[C@H](C(=O)NCCN1CCOCC1)C(C)C)C(C)C. The number of carbonyl (C=O) groups excluding carboxylic acids is 3. The standard InChI is InChI=1S/C35H60N4O8/c1-24(2)26(23-37-32(41)27-11-9-10-12-31(27)46-20-19-44-8)21-29(38-34(43)47-35(5,6)7)30(40)22-28(25(3)4)33(42)36-13-14-39-15-17-45-18-16-39/h9-12,24-26,28-30,40H,13-23H2,1-8H3,(H,36,42)(H,37,41)(H,38,43)/t26-,28+,29+,30+/m1/s1. The number of ether oxygens (including phenoxy) is 4. The van der Waals surface area contributed by atoms with Crippen molar-refractivity contribution in [3.63, 3.8) is 0 Å². The van der Waals surface area contributed by atoms with Crippen LogP contribution in [-0.2, 0) is 19.0 Å². The summed E-state index contributed by atoms with van der Waals surface area (Å²) in [7, 11) is 1.58. The average molecular weight is 665 g/mol. The number of amides is 3. The number of alkyl carbamates (subject to hydrolysis) is 1. The fourth-order valence-electron chi connectivity index (χ4n) is 5.42. The molecule has 12 nitrogen and oxygen atoms in total. The molecule has 3 amide bonds. The Bertz CT molecular complexity index is 1090. The minimum Gasteiger partial charge on any atom is -0.490 e. The number of aliphatic hydroxyl groups is 1. The zero-order valence-corrected chi connectivity index (χ0v) is 29.8. The van der Waals surface area contributed by atoms with Crippen molar-refractivity contribution in [1.29, 1.82) is 0 Å². The predicted octanol–water partition coefficient (Wildman–Crippen LogP) is 3.47. The normalized spacial score (nSPS) is 16.7. The molecule has 1 aliphatic rings. The van der Waals surface area contributed by atoms with Crippen LogP contribution in [0.25, 0.3) is 0 Å². The summed E-state index contributed by atoms with van der Waals surface area (Å²) >= 11 is 0. The van der Waals surface area contributed by atoms with Crippen LogP contribution in [0.1, 0.15) is 71.7 Å². The van der Waals surface area contributed by atoms with Crippen molar-refractivity contribution in [3.8, 4) is 5.75 Å². The van der Waals surface area contributed by atoms with E-state index in [0.717, 1.165) is 19.6 Å². The van der Waals surface area contributed by atoms with E-state index in [2.05, 4.69) is 20.9 Å². The molecule has 1 fully saturated rings. The highest BCUT2D eigenvalue weighted by Gasteiger charge is 2.33. The Morgan fingerprint density at radius 2 is 1.66 bits per heavy atom. The second kappa shape index (κ2) is 20.4. The molecule has 0 spiro atoms. The number of para-hydroxylation sites is 1. The summed E-state index contributed by atoms with van der Waals surface area (Å²) in [6, 6.07) is 6.31. The monoisotopic (exact) mass is 664 g/mol. The van der Waals surface area contributed by atoms with Crippen LogP contribution in [-0.4, -0.2) is 112 Å². The molecule has 1 saturated heterocycles. The molecule has 47 heavy (non-hydrogen) atoms. The molecular weight excluding hydrogens is 604 g/mol. The minimum absolute atomic E-state index is 0.0402. The number of morpholine rings is 1. The molecule has 0 saturated carbocycles. The molecule has 0 aliphatic carbocycles. The van der Waals surface area contributed by atoms with Crippen molar-refractivity contribution in [2.45, 2.75) is 79.1 Å². The zero-order valence-electron chi connectivity index (χ0n) is 29.8. The van der Waals surface area contributed by atoms with E-state index in [9.17, 15) is 19.5 Å². The molecule has 4 N–H and O–H groups in total. The van der Waals surface area contributed by atoms with Gasteiger partial charge in [0.2, 0.25) is 5.91 Å². The molecule has 1 aliphatic heterocycles. The third-order valence-corrected chi connectivity index (χ3v) is 8.34. The van der Waals surface area contributed by atoms with Gasteiger partial charge in [0, 0.05) is 45.8 Å². The second-order valence-electron chi connectivity index (χ2n) is 13.9. The van der Waals surface area contributed by atoms with E-state index in [-0.39, 0.29) is 36.0 Å². The lowest BCUT2D eigenvalue weighted by molar-refractivity contribution is -0.127. The highest BCUT2D eigenvalue weighted by molar-refractivity contribution is 5.96. The van der Waals surface area contributed by atoms with Crippen LogP contribution in [0.5, 0.6) is 5.75 Å². The highest BCUT2D eigenvalue weighted by Crippen LogP contribution is 2.25. The molecule has 0 bridgehead atoms. The largest absolute Gasteiger partial charge is 0.490 e. The van der Waals surface area contributed by atoms with Crippen LogP contribution < -0.4 is 20.7 Å². The van der Waals surface area contributed by atoms with Crippen molar-refractivity contribution in [3.05, 3.63) is 29.8 Å².